The summed E-state index contributed by atoms with van der Waals surface area (Å²) >= 11 is 6.37. The van der Waals surface area contributed by atoms with Gasteiger partial charge in [-0.2, -0.15) is 5.10 Å². The molecule has 188 valence electrons. The third-order valence-electron chi connectivity index (χ3n) is 6.76. The number of H-pyrrole nitrogens is 1. The molecule has 0 aliphatic carbocycles. The first-order valence-corrected chi connectivity index (χ1v) is 12.5. The van der Waals surface area contributed by atoms with Crippen LogP contribution in [0.5, 0.6) is 0 Å². The van der Waals surface area contributed by atoms with E-state index in [0.717, 1.165) is 10.9 Å². The maximum Gasteiger partial charge on any atom is 0.258 e. The van der Waals surface area contributed by atoms with Crippen molar-refractivity contribution >= 4 is 51.1 Å². The molecule has 0 spiro atoms. The first-order chi connectivity index (χ1) is 18.3. The molecule has 38 heavy (non-hydrogen) atoms. The Labute approximate surface area is 222 Å². The average molecular weight is 524 g/mol. The third-order valence-corrected chi connectivity index (χ3v) is 7.00. The van der Waals surface area contributed by atoms with E-state index in [4.69, 9.17) is 16.6 Å². The van der Waals surface area contributed by atoms with E-state index in [1.165, 1.54) is 23.4 Å². The van der Waals surface area contributed by atoms with Crippen LogP contribution in [0.25, 0.3) is 33.1 Å². The minimum Gasteiger partial charge on any atom is -0.321 e. The van der Waals surface area contributed by atoms with Crippen LogP contribution in [-0.4, -0.2) is 37.1 Å². The van der Waals surface area contributed by atoms with Gasteiger partial charge in [-0.1, -0.05) is 54.1 Å². The van der Waals surface area contributed by atoms with Crippen LogP contribution < -0.4 is 5.56 Å². The fourth-order valence-electron chi connectivity index (χ4n) is 5.20. The maximum absolute atomic E-state index is 13.6. The van der Waals surface area contributed by atoms with E-state index in [9.17, 15) is 14.4 Å². The summed E-state index contributed by atoms with van der Waals surface area (Å²) in [5.74, 6) is -0.156. The highest BCUT2D eigenvalue weighted by Gasteiger charge is 2.37. The van der Waals surface area contributed by atoms with Gasteiger partial charge in [-0.25, -0.2) is 9.99 Å². The van der Waals surface area contributed by atoms with Gasteiger partial charge in [0.25, 0.3) is 5.56 Å². The Hall–Kier alpha value is -4.56. The molecule has 8 nitrogen and oxygen atoms in total. The lowest BCUT2D eigenvalue weighted by atomic mass is 9.92. The highest BCUT2D eigenvalue weighted by molar-refractivity contribution is 6.31. The van der Waals surface area contributed by atoms with Gasteiger partial charge in [0, 0.05) is 41.8 Å². The molecule has 6 rings (SSSR count). The molecule has 2 aromatic heterocycles. The first kappa shape index (κ1) is 23.8. The summed E-state index contributed by atoms with van der Waals surface area (Å²) in [6.07, 6.45) is 0.200. The van der Waals surface area contributed by atoms with E-state index in [1.807, 2.05) is 60.7 Å². The van der Waals surface area contributed by atoms with Crippen LogP contribution in [0.1, 0.15) is 42.5 Å². The predicted octanol–water partition coefficient (Wildman–Crippen LogP) is 5.56. The fourth-order valence-corrected chi connectivity index (χ4v) is 5.37. The number of aromatic nitrogens is 3. The van der Waals surface area contributed by atoms with E-state index in [-0.39, 0.29) is 23.8 Å². The number of rotatable bonds is 3. The van der Waals surface area contributed by atoms with E-state index in [0.29, 0.717) is 44.2 Å². The van der Waals surface area contributed by atoms with Gasteiger partial charge in [0.2, 0.25) is 11.8 Å². The Bertz CT molecular complexity index is 1860. The molecule has 3 heterocycles. The second kappa shape index (κ2) is 9.08. The van der Waals surface area contributed by atoms with Crippen LogP contribution in [0.3, 0.4) is 0 Å². The Morgan fingerprint density at radius 2 is 1.68 bits per heavy atom. The molecular formula is C29H22ClN5O3. The molecular weight excluding hydrogens is 502 g/mol. The minimum atomic E-state index is -0.670. The van der Waals surface area contributed by atoms with Crippen molar-refractivity contribution in [2.45, 2.75) is 26.3 Å². The number of carbonyl (C=O) groups is 2. The van der Waals surface area contributed by atoms with Gasteiger partial charge in [-0.15, -0.1) is 0 Å². The summed E-state index contributed by atoms with van der Waals surface area (Å²) in [5.41, 5.74) is 3.86. The number of aromatic amines is 1. The standard InChI is InChI=1S/C29H22ClN5O3/c1-16(36)34-24-11-7-6-10-22(24)31-28(34)25-15-23(33-35(25)17(2)37)27-26(18-8-4-3-5-9-18)20-14-19(30)12-13-21(20)32-29(27)38/h3-14,25H,15H2,1-2H3,(H,32,38)/t25-/m0/s1. The highest BCUT2D eigenvalue weighted by Crippen LogP contribution is 2.38. The summed E-state index contributed by atoms with van der Waals surface area (Å²) in [6.45, 7) is 2.86. The van der Waals surface area contributed by atoms with E-state index in [1.54, 1.807) is 12.1 Å². The van der Waals surface area contributed by atoms with Crippen molar-refractivity contribution in [1.82, 2.24) is 19.5 Å². The van der Waals surface area contributed by atoms with Crippen molar-refractivity contribution in [2.24, 2.45) is 5.10 Å². The molecule has 0 fully saturated rings. The first-order valence-electron chi connectivity index (χ1n) is 12.1. The van der Waals surface area contributed by atoms with Crippen molar-refractivity contribution in [1.29, 1.82) is 0 Å². The van der Waals surface area contributed by atoms with E-state index < -0.39 is 6.04 Å². The number of nitrogens with zero attached hydrogens (tertiary/aromatic N) is 4. The molecule has 3 aromatic carbocycles. The smallest absolute Gasteiger partial charge is 0.258 e. The quantitative estimate of drug-likeness (QED) is 0.335. The summed E-state index contributed by atoms with van der Waals surface area (Å²) < 4.78 is 1.51. The summed E-state index contributed by atoms with van der Waals surface area (Å²) in [5, 5.41) is 7.24. The molecule has 1 N–H and O–H groups in total. The van der Waals surface area contributed by atoms with Gasteiger partial charge < -0.3 is 4.98 Å². The van der Waals surface area contributed by atoms with Crippen LogP contribution in [0.2, 0.25) is 5.02 Å². The van der Waals surface area contributed by atoms with Crippen molar-refractivity contribution in [3.63, 3.8) is 0 Å². The van der Waals surface area contributed by atoms with Gasteiger partial charge >= 0.3 is 0 Å². The molecule has 1 atom stereocenters. The Morgan fingerprint density at radius 1 is 0.947 bits per heavy atom. The Balaban J connectivity index is 1.58. The fraction of sp³-hybridized carbons (Fsp3) is 0.138. The van der Waals surface area contributed by atoms with Gasteiger partial charge in [-0.05, 0) is 35.9 Å². The monoisotopic (exact) mass is 523 g/mol. The number of fused-ring (bicyclic) bond motifs is 2. The lowest BCUT2D eigenvalue weighted by Gasteiger charge is -2.20. The zero-order chi connectivity index (χ0) is 26.6. The number of pyridine rings is 1. The number of nitrogens with one attached hydrogen (secondary N) is 1. The summed E-state index contributed by atoms with van der Waals surface area (Å²) in [4.78, 5) is 46.8. The van der Waals surface area contributed by atoms with Gasteiger partial charge in [0.05, 0.1) is 22.3 Å². The molecule has 9 heteroatoms. The SMILES string of the molecule is CC(=O)N1N=C(c2c(-c3ccccc3)c3cc(Cl)ccc3[nH]c2=O)C[C@H]1c1nc2ccccc2n1C(C)=O. The van der Waals surface area contributed by atoms with Crippen molar-refractivity contribution in [3.05, 3.63) is 99.6 Å². The van der Waals surface area contributed by atoms with Gasteiger partial charge in [0.15, 0.2) is 0 Å². The number of carbonyl (C=O) groups excluding carboxylic acids is 2. The average Bonchev–Trinajstić information content (AvgIpc) is 3.51. The molecule has 0 saturated heterocycles. The van der Waals surface area contributed by atoms with Crippen LogP contribution in [0.4, 0.5) is 0 Å². The Kier molecular flexibility index (Phi) is 5.69. The number of para-hydroxylation sites is 2. The maximum atomic E-state index is 13.6. The van der Waals surface area contributed by atoms with Gasteiger partial charge in [0.1, 0.15) is 11.9 Å². The highest BCUT2D eigenvalue weighted by atomic mass is 35.5. The van der Waals surface area contributed by atoms with Crippen molar-refractivity contribution in [2.75, 3.05) is 0 Å². The number of hydrogen-bond donors (Lipinski definition) is 1. The number of hydrogen-bond acceptors (Lipinski definition) is 5. The number of halogens is 1. The van der Waals surface area contributed by atoms with E-state index in [2.05, 4.69) is 10.1 Å². The topological polar surface area (TPSA) is 100 Å². The molecule has 0 radical (unpaired) electrons. The largest absolute Gasteiger partial charge is 0.321 e. The van der Waals surface area contributed by atoms with Crippen LogP contribution in [-0.2, 0) is 4.79 Å². The van der Waals surface area contributed by atoms with Crippen molar-refractivity contribution < 1.29 is 9.59 Å². The van der Waals surface area contributed by atoms with Crippen LogP contribution >= 0.6 is 11.6 Å². The second-order valence-electron chi connectivity index (χ2n) is 9.20. The number of hydrazone groups is 1. The number of amides is 1. The molecule has 0 bridgehead atoms. The second-order valence-corrected chi connectivity index (χ2v) is 9.64. The van der Waals surface area contributed by atoms with Crippen molar-refractivity contribution in [3.8, 4) is 11.1 Å². The molecule has 0 unspecified atom stereocenters. The summed E-state index contributed by atoms with van der Waals surface area (Å²) in [7, 11) is 0. The predicted molar refractivity (Wildman–Crippen MR) is 147 cm³/mol. The molecule has 1 aliphatic heterocycles. The Morgan fingerprint density at radius 3 is 2.42 bits per heavy atom. The van der Waals surface area contributed by atoms with Gasteiger partial charge in [-0.3, -0.25) is 19.0 Å². The molecule has 1 aliphatic rings. The normalized spacial score (nSPS) is 15.3. The van der Waals surface area contributed by atoms with Crippen LogP contribution in [0.15, 0.2) is 82.7 Å². The number of imidazole rings is 1. The third kappa shape index (κ3) is 3.81. The van der Waals surface area contributed by atoms with Crippen LogP contribution in [0, 0.1) is 0 Å². The lowest BCUT2D eigenvalue weighted by molar-refractivity contribution is -0.130. The lowest BCUT2D eigenvalue weighted by Crippen LogP contribution is -2.28. The zero-order valence-corrected chi connectivity index (χ0v) is 21.4. The minimum absolute atomic E-state index is 0.200. The molecule has 0 saturated carbocycles. The zero-order valence-electron chi connectivity index (χ0n) is 20.6. The summed E-state index contributed by atoms with van der Waals surface area (Å²) in [6, 6.07) is 21.5. The van der Waals surface area contributed by atoms with E-state index >= 15 is 0 Å². The number of benzene rings is 3. The molecule has 5 aromatic rings. The molecule has 1 amide bonds.